The number of likely N-dealkylation sites (N-methyl/N-ethyl adjacent to an activating group) is 1. The molecular formula is C18H18Cl2N2O2. The minimum Gasteiger partial charge on any atom is -0.457 e. The van der Waals surface area contributed by atoms with Crippen LogP contribution in [0.3, 0.4) is 0 Å². The number of carbonyl (C=O) groups is 1. The van der Waals surface area contributed by atoms with Crippen LogP contribution in [0, 0.1) is 0 Å². The van der Waals surface area contributed by atoms with Crippen LogP contribution in [0.4, 0.5) is 5.69 Å². The van der Waals surface area contributed by atoms with Crippen LogP contribution in [0.1, 0.15) is 16.8 Å². The van der Waals surface area contributed by atoms with E-state index in [4.69, 9.17) is 33.7 Å². The molecule has 24 heavy (non-hydrogen) atoms. The third-order valence-electron chi connectivity index (χ3n) is 4.14. The predicted molar refractivity (Wildman–Crippen MR) is 97.6 cm³/mol. The largest absolute Gasteiger partial charge is 0.457 e. The van der Waals surface area contributed by atoms with Crippen LogP contribution in [0.15, 0.2) is 36.4 Å². The molecule has 2 aromatic carbocycles. The number of benzene rings is 2. The van der Waals surface area contributed by atoms with Crippen LogP contribution in [0.5, 0.6) is 0 Å². The highest BCUT2D eigenvalue weighted by Crippen LogP contribution is 2.32. The molecule has 0 spiro atoms. The van der Waals surface area contributed by atoms with Crippen LogP contribution in [-0.2, 0) is 4.74 Å². The van der Waals surface area contributed by atoms with Gasteiger partial charge in [0.25, 0.3) is 0 Å². The monoisotopic (exact) mass is 364 g/mol. The molecule has 1 saturated heterocycles. The molecule has 2 aromatic rings. The van der Waals surface area contributed by atoms with E-state index in [0.29, 0.717) is 21.3 Å². The fraction of sp³-hybridized carbons (Fsp3) is 0.278. The Labute approximate surface area is 151 Å². The fourth-order valence-electron chi connectivity index (χ4n) is 2.85. The summed E-state index contributed by atoms with van der Waals surface area (Å²) < 4.78 is 5.53. The highest BCUT2D eigenvalue weighted by Gasteiger charge is 2.24. The van der Waals surface area contributed by atoms with Gasteiger partial charge in [-0.25, -0.2) is 4.79 Å². The summed E-state index contributed by atoms with van der Waals surface area (Å²) in [6.45, 7) is 1.69. The summed E-state index contributed by atoms with van der Waals surface area (Å²) >= 11 is 12.1. The average Bonchev–Trinajstić information content (AvgIpc) is 2.92. The molecule has 0 aliphatic carbocycles. The third kappa shape index (κ3) is 3.66. The lowest BCUT2D eigenvalue weighted by atomic mass is 10.0. The zero-order valence-electron chi connectivity index (χ0n) is 13.3. The van der Waals surface area contributed by atoms with E-state index in [1.54, 1.807) is 24.3 Å². The Morgan fingerprint density at radius 1 is 1.25 bits per heavy atom. The van der Waals surface area contributed by atoms with Gasteiger partial charge < -0.3 is 15.4 Å². The predicted octanol–water partition coefficient (Wildman–Crippen LogP) is 4.10. The molecule has 3 rings (SSSR count). The number of hydrogen-bond acceptors (Lipinski definition) is 4. The Kier molecular flexibility index (Phi) is 4.99. The van der Waals surface area contributed by atoms with E-state index in [1.807, 2.05) is 19.2 Å². The van der Waals surface area contributed by atoms with Gasteiger partial charge in [-0.15, -0.1) is 0 Å². The Morgan fingerprint density at radius 3 is 2.67 bits per heavy atom. The molecule has 0 aromatic heterocycles. The van der Waals surface area contributed by atoms with Gasteiger partial charge in [0.05, 0.1) is 5.56 Å². The first-order chi connectivity index (χ1) is 11.4. The van der Waals surface area contributed by atoms with Gasteiger partial charge in [-0.2, -0.15) is 0 Å². The van der Waals surface area contributed by atoms with Gasteiger partial charge in [-0.1, -0.05) is 35.3 Å². The van der Waals surface area contributed by atoms with Crippen molar-refractivity contribution in [2.45, 2.75) is 12.5 Å². The second-order valence-corrected chi connectivity index (χ2v) is 6.85. The van der Waals surface area contributed by atoms with Crippen molar-refractivity contribution >= 4 is 34.9 Å². The van der Waals surface area contributed by atoms with E-state index >= 15 is 0 Å². The molecule has 0 bridgehead atoms. The summed E-state index contributed by atoms with van der Waals surface area (Å²) in [6.07, 6.45) is 0.771. The Balaban J connectivity index is 1.80. The Morgan fingerprint density at radius 2 is 2.04 bits per heavy atom. The lowest BCUT2D eigenvalue weighted by molar-refractivity contribution is 0.0328. The number of esters is 1. The zero-order chi connectivity index (χ0) is 17.3. The molecule has 1 atom stereocenters. The molecule has 0 radical (unpaired) electrons. The van der Waals surface area contributed by atoms with Gasteiger partial charge in [0, 0.05) is 34.4 Å². The van der Waals surface area contributed by atoms with Gasteiger partial charge in [-0.3, -0.25) is 0 Å². The number of likely N-dealkylation sites (tertiary alicyclic amines) is 1. The summed E-state index contributed by atoms with van der Waals surface area (Å²) in [6, 6.07) is 10.5. The second kappa shape index (κ2) is 7.01. The van der Waals surface area contributed by atoms with Crippen molar-refractivity contribution in [3.63, 3.8) is 0 Å². The number of halogens is 2. The number of carbonyl (C=O) groups excluding carboxylic acids is 1. The number of rotatable bonds is 3. The molecule has 1 aliphatic heterocycles. The van der Waals surface area contributed by atoms with Crippen molar-refractivity contribution in [3.8, 4) is 11.1 Å². The maximum atomic E-state index is 12.3. The number of nitrogens with two attached hydrogens (primary N) is 1. The first-order valence-electron chi connectivity index (χ1n) is 7.68. The fourth-order valence-corrected chi connectivity index (χ4v) is 3.36. The third-order valence-corrected chi connectivity index (χ3v) is 4.68. The summed E-state index contributed by atoms with van der Waals surface area (Å²) in [5.41, 5.74) is 8.44. The highest BCUT2D eigenvalue weighted by molar-refractivity contribution is 6.36. The van der Waals surface area contributed by atoms with Crippen LogP contribution >= 0.6 is 23.2 Å². The molecule has 2 N–H and O–H groups in total. The van der Waals surface area contributed by atoms with Crippen LogP contribution in [0.2, 0.25) is 10.0 Å². The van der Waals surface area contributed by atoms with E-state index in [1.165, 1.54) is 0 Å². The summed E-state index contributed by atoms with van der Waals surface area (Å²) in [5, 5.41) is 1.10. The molecule has 1 fully saturated rings. The number of ether oxygens (including phenoxy) is 1. The maximum Gasteiger partial charge on any atom is 0.340 e. The SMILES string of the molecule is CN1CCC(OC(=O)c2ccc(-c3ccc(Cl)cc3Cl)cc2N)C1. The van der Waals surface area contributed by atoms with Gasteiger partial charge in [-0.05, 0) is 43.3 Å². The van der Waals surface area contributed by atoms with E-state index < -0.39 is 0 Å². The zero-order valence-corrected chi connectivity index (χ0v) is 14.8. The van der Waals surface area contributed by atoms with Gasteiger partial charge >= 0.3 is 5.97 Å². The van der Waals surface area contributed by atoms with Crippen LogP contribution in [0.25, 0.3) is 11.1 Å². The summed E-state index contributed by atoms with van der Waals surface area (Å²) in [5.74, 6) is -0.387. The lowest BCUT2D eigenvalue weighted by Gasteiger charge is -2.14. The molecule has 4 nitrogen and oxygen atoms in total. The molecule has 0 amide bonds. The molecule has 6 heteroatoms. The minimum absolute atomic E-state index is 0.0766. The molecule has 1 heterocycles. The molecular weight excluding hydrogens is 347 g/mol. The van der Waals surface area contributed by atoms with E-state index in [-0.39, 0.29) is 12.1 Å². The molecule has 1 unspecified atom stereocenters. The molecule has 126 valence electrons. The number of hydrogen-bond donors (Lipinski definition) is 1. The van der Waals surface area contributed by atoms with Gasteiger partial charge in [0.2, 0.25) is 0 Å². The van der Waals surface area contributed by atoms with E-state index in [0.717, 1.165) is 30.6 Å². The van der Waals surface area contributed by atoms with Gasteiger partial charge in [0.15, 0.2) is 0 Å². The van der Waals surface area contributed by atoms with E-state index in [9.17, 15) is 4.79 Å². The van der Waals surface area contributed by atoms with Crippen molar-refractivity contribution in [1.29, 1.82) is 0 Å². The standard InChI is InChI=1S/C18H18Cl2N2O2/c1-22-7-6-13(10-22)24-18(23)15-4-2-11(8-17(15)21)14-5-3-12(19)9-16(14)20/h2-5,8-9,13H,6-7,10,21H2,1H3. The topological polar surface area (TPSA) is 55.6 Å². The average molecular weight is 365 g/mol. The maximum absolute atomic E-state index is 12.3. The second-order valence-electron chi connectivity index (χ2n) is 6.00. The number of nitrogens with zero attached hydrogens (tertiary/aromatic N) is 1. The van der Waals surface area contributed by atoms with Crippen molar-refractivity contribution < 1.29 is 9.53 Å². The smallest absolute Gasteiger partial charge is 0.340 e. The van der Waals surface area contributed by atoms with Crippen molar-refractivity contribution in [1.82, 2.24) is 4.90 Å². The highest BCUT2D eigenvalue weighted by atomic mass is 35.5. The lowest BCUT2D eigenvalue weighted by Crippen LogP contribution is -2.22. The summed E-state index contributed by atoms with van der Waals surface area (Å²) in [7, 11) is 2.01. The number of anilines is 1. The van der Waals surface area contributed by atoms with Crippen molar-refractivity contribution in [2.24, 2.45) is 0 Å². The van der Waals surface area contributed by atoms with Gasteiger partial charge in [0.1, 0.15) is 6.10 Å². The van der Waals surface area contributed by atoms with Crippen molar-refractivity contribution in [2.75, 3.05) is 25.9 Å². The first-order valence-corrected chi connectivity index (χ1v) is 8.44. The summed E-state index contributed by atoms with van der Waals surface area (Å²) in [4.78, 5) is 14.5. The number of nitrogen functional groups attached to an aromatic ring is 1. The first kappa shape index (κ1) is 17.1. The van der Waals surface area contributed by atoms with E-state index in [2.05, 4.69) is 4.90 Å². The molecule has 1 aliphatic rings. The van der Waals surface area contributed by atoms with Crippen molar-refractivity contribution in [3.05, 3.63) is 52.0 Å². The minimum atomic E-state index is -0.387. The quantitative estimate of drug-likeness (QED) is 0.657. The normalized spacial score (nSPS) is 17.9. The Bertz CT molecular complexity index is 780. The molecule has 0 saturated carbocycles. The van der Waals surface area contributed by atoms with Crippen LogP contribution < -0.4 is 5.73 Å². The Hall–Kier alpha value is -1.75. The van der Waals surface area contributed by atoms with Crippen LogP contribution in [-0.4, -0.2) is 37.1 Å².